The lowest BCUT2D eigenvalue weighted by molar-refractivity contribution is -0.150. The quantitative estimate of drug-likeness (QED) is 0.878. The third-order valence-corrected chi connectivity index (χ3v) is 3.37. The van der Waals surface area contributed by atoms with Crippen molar-refractivity contribution in [3.05, 3.63) is 34.3 Å². The van der Waals surface area contributed by atoms with E-state index in [0.717, 1.165) is 10.0 Å². The number of aliphatic carboxylic acids is 1. The highest BCUT2D eigenvalue weighted by atomic mass is 79.9. The number of hydrogen-bond donors (Lipinski definition) is 1. The predicted octanol–water partition coefficient (Wildman–Crippen LogP) is 2.87. The summed E-state index contributed by atoms with van der Waals surface area (Å²) < 4.78 is 6.44. The zero-order valence-electron chi connectivity index (χ0n) is 9.43. The summed E-state index contributed by atoms with van der Waals surface area (Å²) >= 11 is 3.35. The van der Waals surface area contributed by atoms with E-state index in [9.17, 15) is 4.79 Å². The van der Waals surface area contributed by atoms with E-state index in [-0.39, 0.29) is 0 Å². The lowest BCUT2D eigenvalue weighted by atomic mass is 10.1. The molecule has 0 amide bonds. The Balaban J connectivity index is 1.91. The van der Waals surface area contributed by atoms with Crippen LogP contribution in [0.3, 0.4) is 0 Å². The maximum Gasteiger partial charge on any atom is 0.333 e. The molecule has 2 rings (SSSR count). The van der Waals surface area contributed by atoms with Gasteiger partial charge in [-0.1, -0.05) is 28.1 Å². The normalized spacial score (nSPS) is 16.8. The molecule has 1 fully saturated rings. The van der Waals surface area contributed by atoms with E-state index in [0.29, 0.717) is 18.9 Å². The van der Waals surface area contributed by atoms with Crippen molar-refractivity contribution in [1.82, 2.24) is 0 Å². The summed E-state index contributed by atoms with van der Waals surface area (Å²) in [5.41, 5.74) is 0.983. The molecule has 3 nitrogen and oxygen atoms in total. The fraction of sp³-hybridized carbons (Fsp3) is 0.462. The maximum absolute atomic E-state index is 11.1. The van der Waals surface area contributed by atoms with Gasteiger partial charge in [0.15, 0.2) is 6.10 Å². The highest BCUT2D eigenvalue weighted by Gasteiger charge is 2.26. The molecule has 0 bridgehead atoms. The standard InChI is InChI=1S/C13H15BrO3/c14-11-5-3-9(4-6-11)7-12(13(15)16)17-8-10-1-2-10/h3-6,10,12H,1-2,7-8H2,(H,15,16). The summed E-state index contributed by atoms with van der Waals surface area (Å²) in [5.74, 6) is -0.296. The second-order valence-electron chi connectivity index (χ2n) is 4.43. The Hall–Kier alpha value is -0.870. The van der Waals surface area contributed by atoms with Crippen molar-refractivity contribution in [1.29, 1.82) is 0 Å². The molecular formula is C13H15BrO3. The number of carboxylic acid groups (broad SMARTS) is 1. The van der Waals surface area contributed by atoms with Gasteiger partial charge in [0.1, 0.15) is 0 Å². The lowest BCUT2D eigenvalue weighted by Crippen LogP contribution is -2.27. The molecule has 17 heavy (non-hydrogen) atoms. The van der Waals surface area contributed by atoms with Crippen LogP contribution >= 0.6 is 15.9 Å². The van der Waals surface area contributed by atoms with E-state index in [4.69, 9.17) is 9.84 Å². The van der Waals surface area contributed by atoms with Crippen molar-refractivity contribution in [2.24, 2.45) is 5.92 Å². The van der Waals surface area contributed by atoms with Crippen molar-refractivity contribution in [3.63, 3.8) is 0 Å². The minimum atomic E-state index is -0.881. The van der Waals surface area contributed by atoms with Gasteiger partial charge >= 0.3 is 5.97 Å². The van der Waals surface area contributed by atoms with Crippen LogP contribution in [0.2, 0.25) is 0 Å². The summed E-state index contributed by atoms with van der Waals surface area (Å²) in [6.07, 6.45) is 2.04. The van der Waals surface area contributed by atoms with Crippen molar-refractivity contribution in [3.8, 4) is 0 Å². The van der Waals surface area contributed by atoms with Gasteiger partial charge in [-0.2, -0.15) is 0 Å². The average Bonchev–Trinajstić information content (AvgIpc) is 3.10. The number of ether oxygens (including phenoxy) is 1. The second-order valence-corrected chi connectivity index (χ2v) is 5.35. The Morgan fingerprint density at radius 1 is 1.41 bits per heavy atom. The number of rotatable bonds is 6. The molecule has 0 spiro atoms. The first-order chi connectivity index (χ1) is 8.15. The van der Waals surface area contributed by atoms with Crippen LogP contribution in [-0.2, 0) is 16.0 Å². The Morgan fingerprint density at radius 3 is 2.59 bits per heavy atom. The third-order valence-electron chi connectivity index (χ3n) is 2.84. The predicted molar refractivity (Wildman–Crippen MR) is 67.9 cm³/mol. The molecule has 0 aliphatic heterocycles. The van der Waals surface area contributed by atoms with Crippen LogP contribution in [0.5, 0.6) is 0 Å². The summed E-state index contributed by atoms with van der Waals surface area (Å²) in [6.45, 7) is 0.577. The van der Waals surface area contributed by atoms with Crippen LogP contribution in [0.25, 0.3) is 0 Å². The highest BCUT2D eigenvalue weighted by Crippen LogP contribution is 2.29. The molecule has 0 heterocycles. The zero-order chi connectivity index (χ0) is 12.3. The van der Waals surface area contributed by atoms with E-state index >= 15 is 0 Å². The maximum atomic E-state index is 11.1. The molecule has 0 radical (unpaired) electrons. The van der Waals surface area contributed by atoms with E-state index in [1.54, 1.807) is 0 Å². The van der Waals surface area contributed by atoms with Gasteiger partial charge in [-0.05, 0) is 36.5 Å². The highest BCUT2D eigenvalue weighted by molar-refractivity contribution is 9.10. The van der Waals surface area contributed by atoms with Crippen LogP contribution in [-0.4, -0.2) is 23.8 Å². The van der Waals surface area contributed by atoms with Gasteiger partial charge in [0.2, 0.25) is 0 Å². The summed E-state index contributed by atoms with van der Waals surface area (Å²) in [5, 5.41) is 9.09. The van der Waals surface area contributed by atoms with Crippen molar-refractivity contribution < 1.29 is 14.6 Å². The largest absolute Gasteiger partial charge is 0.479 e. The molecule has 92 valence electrons. The number of benzene rings is 1. The number of halogens is 1. The fourth-order valence-corrected chi connectivity index (χ4v) is 1.85. The molecule has 1 aliphatic rings. The Kier molecular flexibility index (Phi) is 4.18. The van der Waals surface area contributed by atoms with Crippen molar-refractivity contribution in [2.45, 2.75) is 25.4 Å². The van der Waals surface area contributed by atoms with Crippen molar-refractivity contribution in [2.75, 3.05) is 6.61 Å². The molecule has 1 atom stereocenters. The monoisotopic (exact) mass is 298 g/mol. The van der Waals surface area contributed by atoms with Gasteiger partial charge in [0.25, 0.3) is 0 Å². The zero-order valence-corrected chi connectivity index (χ0v) is 11.0. The molecule has 0 saturated heterocycles. The van der Waals surface area contributed by atoms with Gasteiger partial charge in [-0.25, -0.2) is 4.79 Å². The molecule has 1 unspecified atom stereocenters. The van der Waals surface area contributed by atoms with Crippen LogP contribution in [0.15, 0.2) is 28.7 Å². The van der Waals surface area contributed by atoms with E-state index in [1.165, 1.54) is 12.8 Å². The number of carboxylic acids is 1. The lowest BCUT2D eigenvalue weighted by Gasteiger charge is -2.13. The summed E-state index contributed by atoms with van der Waals surface area (Å²) in [6, 6.07) is 7.66. The Morgan fingerprint density at radius 2 is 2.06 bits per heavy atom. The van der Waals surface area contributed by atoms with E-state index in [1.807, 2.05) is 24.3 Å². The fourth-order valence-electron chi connectivity index (χ4n) is 1.59. The van der Waals surface area contributed by atoms with Crippen molar-refractivity contribution >= 4 is 21.9 Å². The van der Waals surface area contributed by atoms with Crippen LogP contribution < -0.4 is 0 Å². The number of hydrogen-bond acceptors (Lipinski definition) is 2. The molecule has 1 N–H and O–H groups in total. The topological polar surface area (TPSA) is 46.5 Å². The van der Waals surface area contributed by atoms with Crippen LogP contribution in [0.1, 0.15) is 18.4 Å². The van der Waals surface area contributed by atoms with Gasteiger partial charge in [-0.3, -0.25) is 0 Å². The first-order valence-corrected chi connectivity index (χ1v) is 6.53. The first kappa shape index (κ1) is 12.6. The molecule has 4 heteroatoms. The van der Waals surface area contributed by atoms with Crippen LogP contribution in [0.4, 0.5) is 0 Å². The van der Waals surface area contributed by atoms with Gasteiger partial charge in [0, 0.05) is 10.9 Å². The van der Waals surface area contributed by atoms with Gasteiger partial charge < -0.3 is 9.84 Å². The minimum absolute atomic E-state index is 0.426. The SMILES string of the molecule is O=C(O)C(Cc1ccc(Br)cc1)OCC1CC1. The molecule has 0 aromatic heterocycles. The first-order valence-electron chi connectivity index (χ1n) is 5.74. The molecule has 1 aliphatic carbocycles. The number of carbonyl (C=O) groups is 1. The third kappa shape index (κ3) is 4.13. The second kappa shape index (κ2) is 5.65. The Bertz CT molecular complexity index is 384. The van der Waals surface area contributed by atoms with Crippen LogP contribution in [0, 0.1) is 5.92 Å². The molecule has 1 saturated carbocycles. The van der Waals surface area contributed by atoms with Gasteiger partial charge in [-0.15, -0.1) is 0 Å². The molecular weight excluding hydrogens is 284 g/mol. The molecule has 1 aromatic carbocycles. The van der Waals surface area contributed by atoms with E-state index in [2.05, 4.69) is 15.9 Å². The minimum Gasteiger partial charge on any atom is -0.479 e. The Labute approximate surface area is 109 Å². The molecule has 1 aromatic rings. The smallest absolute Gasteiger partial charge is 0.333 e. The summed E-state index contributed by atoms with van der Waals surface area (Å²) in [7, 11) is 0. The van der Waals surface area contributed by atoms with Gasteiger partial charge in [0.05, 0.1) is 6.61 Å². The summed E-state index contributed by atoms with van der Waals surface area (Å²) in [4.78, 5) is 11.1. The average molecular weight is 299 g/mol. The van der Waals surface area contributed by atoms with E-state index < -0.39 is 12.1 Å².